The van der Waals surface area contributed by atoms with Gasteiger partial charge in [-0.3, -0.25) is 14.9 Å². The monoisotopic (exact) mass is 224 g/mol. The molecule has 2 aliphatic heterocycles. The van der Waals surface area contributed by atoms with Crippen molar-refractivity contribution in [2.24, 2.45) is 11.3 Å². The maximum absolute atomic E-state index is 11.9. The van der Waals surface area contributed by atoms with E-state index in [0.29, 0.717) is 12.5 Å². The first-order valence-corrected chi connectivity index (χ1v) is 6.02. The van der Waals surface area contributed by atoms with Crippen molar-refractivity contribution in [3.05, 3.63) is 0 Å². The Balaban J connectivity index is 2.29. The van der Waals surface area contributed by atoms with Crippen molar-refractivity contribution in [3.63, 3.8) is 0 Å². The van der Waals surface area contributed by atoms with E-state index in [2.05, 4.69) is 24.2 Å². The van der Waals surface area contributed by atoms with Gasteiger partial charge in [-0.25, -0.2) is 0 Å². The fourth-order valence-corrected chi connectivity index (χ4v) is 3.45. The summed E-state index contributed by atoms with van der Waals surface area (Å²) in [5.74, 6) is -0.170. The highest BCUT2D eigenvalue weighted by Crippen LogP contribution is 2.46. The fourth-order valence-electron chi connectivity index (χ4n) is 3.45. The third-order valence-electron chi connectivity index (χ3n) is 4.26. The van der Waals surface area contributed by atoms with Gasteiger partial charge in [0.25, 0.3) is 0 Å². The molecule has 4 heteroatoms. The second-order valence-electron chi connectivity index (χ2n) is 5.38. The van der Waals surface area contributed by atoms with Crippen LogP contribution >= 0.6 is 0 Å². The van der Waals surface area contributed by atoms with Gasteiger partial charge >= 0.3 is 0 Å². The van der Waals surface area contributed by atoms with E-state index in [1.165, 1.54) is 0 Å². The standard InChI is InChI=1S/C12H20N2O2/c1-4-9-11(16)13-10(15)6-12(9)5-8(2)14(3)7-12/h8-9H,4-7H2,1-3H3,(H,13,15,16). The molecule has 2 amide bonds. The highest BCUT2D eigenvalue weighted by Gasteiger charge is 2.52. The largest absolute Gasteiger partial charge is 0.303 e. The van der Waals surface area contributed by atoms with E-state index in [1.54, 1.807) is 0 Å². The number of hydrogen-bond donors (Lipinski definition) is 1. The van der Waals surface area contributed by atoms with Crippen LogP contribution in [-0.4, -0.2) is 36.3 Å². The maximum atomic E-state index is 11.9. The number of carbonyl (C=O) groups excluding carboxylic acids is 2. The summed E-state index contributed by atoms with van der Waals surface area (Å²) >= 11 is 0. The number of nitrogens with zero attached hydrogens (tertiary/aromatic N) is 1. The highest BCUT2D eigenvalue weighted by molar-refractivity contribution is 5.99. The molecule has 2 aliphatic rings. The average Bonchev–Trinajstić information content (AvgIpc) is 2.41. The van der Waals surface area contributed by atoms with E-state index in [0.717, 1.165) is 19.4 Å². The number of hydrogen-bond acceptors (Lipinski definition) is 3. The lowest BCUT2D eigenvalue weighted by atomic mass is 9.67. The molecule has 3 unspecified atom stereocenters. The van der Waals surface area contributed by atoms with Crippen LogP contribution in [0.2, 0.25) is 0 Å². The Morgan fingerprint density at radius 1 is 1.50 bits per heavy atom. The van der Waals surface area contributed by atoms with Crippen LogP contribution in [0.4, 0.5) is 0 Å². The molecule has 3 atom stereocenters. The number of carbonyl (C=O) groups is 2. The van der Waals surface area contributed by atoms with Gasteiger partial charge in [-0.2, -0.15) is 0 Å². The molecule has 90 valence electrons. The van der Waals surface area contributed by atoms with Gasteiger partial charge < -0.3 is 4.90 Å². The molecular weight excluding hydrogens is 204 g/mol. The number of piperidine rings is 1. The molecule has 0 aliphatic carbocycles. The Morgan fingerprint density at radius 2 is 2.19 bits per heavy atom. The Bertz CT molecular complexity index is 317. The molecule has 1 spiro atoms. The Labute approximate surface area is 96.4 Å². The van der Waals surface area contributed by atoms with Gasteiger partial charge in [-0.1, -0.05) is 6.92 Å². The third kappa shape index (κ3) is 1.65. The van der Waals surface area contributed by atoms with Gasteiger partial charge in [0.15, 0.2) is 0 Å². The van der Waals surface area contributed by atoms with Crippen molar-refractivity contribution in [2.75, 3.05) is 13.6 Å². The summed E-state index contributed by atoms with van der Waals surface area (Å²) in [5.41, 5.74) is -0.109. The first-order valence-electron chi connectivity index (χ1n) is 6.02. The predicted octanol–water partition coefficient (Wildman–Crippen LogP) is 0.769. The number of imide groups is 1. The summed E-state index contributed by atoms with van der Waals surface area (Å²) < 4.78 is 0. The maximum Gasteiger partial charge on any atom is 0.230 e. The van der Waals surface area contributed by atoms with Crippen LogP contribution in [-0.2, 0) is 9.59 Å². The van der Waals surface area contributed by atoms with Crippen LogP contribution in [0.25, 0.3) is 0 Å². The first kappa shape index (κ1) is 11.6. The summed E-state index contributed by atoms with van der Waals surface area (Å²) in [6, 6.07) is 0.466. The van der Waals surface area contributed by atoms with Crippen LogP contribution in [0, 0.1) is 11.3 Å². The lowest BCUT2D eigenvalue weighted by molar-refractivity contribution is -0.143. The summed E-state index contributed by atoms with van der Waals surface area (Å²) in [5, 5.41) is 2.46. The number of rotatable bonds is 1. The van der Waals surface area contributed by atoms with Gasteiger partial charge in [0.05, 0.1) is 0 Å². The molecule has 4 nitrogen and oxygen atoms in total. The van der Waals surface area contributed by atoms with E-state index in [9.17, 15) is 9.59 Å². The van der Waals surface area contributed by atoms with Crippen LogP contribution in [0.5, 0.6) is 0 Å². The summed E-state index contributed by atoms with van der Waals surface area (Å²) in [7, 11) is 2.07. The lowest BCUT2D eigenvalue weighted by Gasteiger charge is -2.39. The van der Waals surface area contributed by atoms with Crippen LogP contribution in [0.15, 0.2) is 0 Å². The van der Waals surface area contributed by atoms with Crippen molar-refractivity contribution >= 4 is 11.8 Å². The van der Waals surface area contributed by atoms with Gasteiger partial charge in [0.2, 0.25) is 11.8 Å². The van der Waals surface area contributed by atoms with Crippen LogP contribution < -0.4 is 5.32 Å². The zero-order chi connectivity index (χ0) is 11.9. The number of nitrogens with one attached hydrogen (secondary N) is 1. The summed E-state index contributed by atoms with van der Waals surface area (Å²) in [6.07, 6.45) is 2.28. The van der Waals surface area contributed by atoms with E-state index in [1.807, 2.05) is 6.92 Å². The molecule has 2 rings (SSSR count). The minimum absolute atomic E-state index is 0.00222. The second-order valence-corrected chi connectivity index (χ2v) is 5.38. The van der Waals surface area contributed by atoms with E-state index in [-0.39, 0.29) is 23.1 Å². The molecule has 0 bridgehead atoms. The molecular formula is C12H20N2O2. The Kier molecular flexibility index (Phi) is 2.78. The van der Waals surface area contributed by atoms with Crippen molar-refractivity contribution in [1.29, 1.82) is 0 Å². The highest BCUT2D eigenvalue weighted by atomic mass is 16.2. The smallest absolute Gasteiger partial charge is 0.230 e. The molecule has 0 saturated carbocycles. The lowest BCUT2D eigenvalue weighted by Crippen LogP contribution is -2.52. The molecule has 0 aromatic rings. The normalized spacial score (nSPS) is 40.4. The molecule has 2 saturated heterocycles. The number of amides is 2. The zero-order valence-corrected chi connectivity index (χ0v) is 10.2. The van der Waals surface area contributed by atoms with E-state index < -0.39 is 0 Å². The Morgan fingerprint density at radius 3 is 2.69 bits per heavy atom. The van der Waals surface area contributed by atoms with Gasteiger partial charge in [0, 0.05) is 30.3 Å². The summed E-state index contributed by atoms with van der Waals surface area (Å²) in [6.45, 7) is 5.06. The summed E-state index contributed by atoms with van der Waals surface area (Å²) in [4.78, 5) is 25.7. The van der Waals surface area contributed by atoms with Gasteiger partial charge in [0.1, 0.15) is 0 Å². The molecule has 16 heavy (non-hydrogen) atoms. The van der Waals surface area contributed by atoms with Crippen LogP contribution in [0.3, 0.4) is 0 Å². The predicted molar refractivity (Wildman–Crippen MR) is 60.7 cm³/mol. The molecule has 0 radical (unpaired) electrons. The van der Waals surface area contributed by atoms with Crippen molar-refractivity contribution < 1.29 is 9.59 Å². The van der Waals surface area contributed by atoms with Gasteiger partial charge in [-0.15, -0.1) is 0 Å². The fraction of sp³-hybridized carbons (Fsp3) is 0.833. The third-order valence-corrected chi connectivity index (χ3v) is 4.26. The molecule has 2 fully saturated rings. The van der Waals surface area contributed by atoms with Crippen LogP contribution in [0.1, 0.15) is 33.1 Å². The number of likely N-dealkylation sites (tertiary alicyclic amines) is 1. The average molecular weight is 224 g/mol. The SMILES string of the molecule is CCC1C(=O)NC(=O)CC12CC(C)N(C)C2. The minimum atomic E-state index is -0.109. The quantitative estimate of drug-likeness (QED) is 0.669. The zero-order valence-electron chi connectivity index (χ0n) is 10.2. The Hall–Kier alpha value is -0.900. The van der Waals surface area contributed by atoms with Gasteiger partial charge in [-0.05, 0) is 26.8 Å². The molecule has 0 aromatic heterocycles. The molecule has 2 heterocycles. The first-order chi connectivity index (χ1) is 7.48. The van der Waals surface area contributed by atoms with E-state index in [4.69, 9.17) is 0 Å². The van der Waals surface area contributed by atoms with Crippen molar-refractivity contribution in [2.45, 2.75) is 39.2 Å². The topological polar surface area (TPSA) is 49.4 Å². The van der Waals surface area contributed by atoms with Crippen molar-refractivity contribution in [3.8, 4) is 0 Å². The van der Waals surface area contributed by atoms with Crippen molar-refractivity contribution in [1.82, 2.24) is 10.2 Å². The minimum Gasteiger partial charge on any atom is -0.303 e. The van der Waals surface area contributed by atoms with E-state index >= 15 is 0 Å². The molecule has 1 N–H and O–H groups in total. The molecule has 0 aromatic carbocycles. The second kappa shape index (κ2) is 3.84.